The minimum Gasteiger partial charge on any atom is -0.314 e. The molecular formula is C10H13BrCl2N2O2S. The molecule has 2 rings (SSSR count). The van der Waals surface area contributed by atoms with Crippen LogP contribution in [0.2, 0.25) is 5.02 Å². The van der Waals surface area contributed by atoms with Crippen molar-refractivity contribution in [3.05, 3.63) is 27.7 Å². The third-order valence-corrected chi connectivity index (χ3v) is 6.21. The lowest BCUT2D eigenvalue weighted by Gasteiger charge is -2.27. The largest absolute Gasteiger partial charge is 0.314 e. The summed E-state index contributed by atoms with van der Waals surface area (Å²) in [7, 11) is -3.45. The van der Waals surface area contributed by atoms with Crippen LogP contribution in [0.1, 0.15) is 0 Å². The van der Waals surface area contributed by atoms with E-state index < -0.39 is 10.0 Å². The summed E-state index contributed by atoms with van der Waals surface area (Å²) in [5, 5.41) is 3.52. The zero-order chi connectivity index (χ0) is 12.5. The van der Waals surface area contributed by atoms with E-state index in [1.807, 2.05) is 0 Å². The molecule has 1 aliphatic rings. The van der Waals surface area contributed by atoms with Gasteiger partial charge in [0.05, 0.1) is 14.4 Å². The van der Waals surface area contributed by atoms with Gasteiger partial charge in [-0.05, 0) is 28.1 Å². The van der Waals surface area contributed by atoms with Gasteiger partial charge in [0, 0.05) is 26.2 Å². The Morgan fingerprint density at radius 3 is 2.50 bits per heavy atom. The van der Waals surface area contributed by atoms with Crippen LogP contribution in [0.15, 0.2) is 27.6 Å². The summed E-state index contributed by atoms with van der Waals surface area (Å²) in [5.41, 5.74) is 0. The highest BCUT2D eigenvalue weighted by Gasteiger charge is 2.28. The molecule has 0 amide bonds. The predicted octanol–water partition coefficient (Wildman–Crippen LogP) is 2.12. The Bertz CT molecular complexity index is 519. The van der Waals surface area contributed by atoms with Crippen molar-refractivity contribution < 1.29 is 8.42 Å². The van der Waals surface area contributed by atoms with E-state index in [9.17, 15) is 8.42 Å². The molecule has 1 aliphatic heterocycles. The highest BCUT2D eigenvalue weighted by Crippen LogP contribution is 2.31. The molecule has 0 saturated carbocycles. The van der Waals surface area contributed by atoms with Crippen LogP contribution in [0.5, 0.6) is 0 Å². The minimum absolute atomic E-state index is 0. The summed E-state index contributed by atoms with van der Waals surface area (Å²) in [4.78, 5) is 0.229. The summed E-state index contributed by atoms with van der Waals surface area (Å²) in [6.07, 6.45) is 0. The molecule has 1 aromatic carbocycles. The Balaban J connectivity index is 0.00000162. The van der Waals surface area contributed by atoms with E-state index in [0.717, 1.165) is 0 Å². The molecule has 0 radical (unpaired) electrons. The Morgan fingerprint density at radius 1 is 1.28 bits per heavy atom. The highest BCUT2D eigenvalue weighted by atomic mass is 79.9. The smallest absolute Gasteiger partial charge is 0.244 e. The van der Waals surface area contributed by atoms with Crippen LogP contribution in [0.25, 0.3) is 0 Å². The number of halogens is 3. The van der Waals surface area contributed by atoms with Crippen molar-refractivity contribution in [3.8, 4) is 0 Å². The molecule has 18 heavy (non-hydrogen) atoms. The molecule has 0 spiro atoms. The summed E-state index contributed by atoms with van der Waals surface area (Å²) in [6.45, 7) is 2.33. The second-order valence-electron chi connectivity index (χ2n) is 3.71. The van der Waals surface area contributed by atoms with Crippen LogP contribution >= 0.6 is 39.9 Å². The second kappa shape index (κ2) is 6.54. The van der Waals surface area contributed by atoms with E-state index in [2.05, 4.69) is 21.2 Å². The van der Waals surface area contributed by atoms with E-state index >= 15 is 0 Å². The molecule has 1 fully saturated rings. The lowest BCUT2D eigenvalue weighted by molar-refractivity contribution is 0.360. The van der Waals surface area contributed by atoms with Gasteiger partial charge in [0.25, 0.3) is 0 Å². The van der Waals surface area contributed by atoms with Gasteiger partial charge < -0.3 is 5.32 Å². The standard InChI is InChI=1S/C10H12BrClN2O2S.ClH/c11-10-8(12)2-1-3-9(10)17(15,16)14-6-4-13-5-7-14;/h1-3,13H,4-7H2;1H. The maximum absolute atomic E-state index is 12.4. The SMILES string of the molecule is Cl.O=S(=O)(c1cccc(Cl)c1Br)N1CCNCC1. The molecule has 0 aromatic heterocycles. The number of nitrogens with one attached hydrogen (secondary N) is 1. The first-order chi connectivity index (χ1) is 8.03. The number of hydrogen-bond donors (Lipinski definition) is 1. The second-order valence-corrected chi connectivity index (χ2v) is 6.81. The van der Waals surface area contributed by atoms with E-state index in [4.69, 9.17) is 11.6 Å². The fourth-order valence-corrected chi connectivity index (χ4v) is 4.34. The zero-order valence-electron chi connectivity index (χ0n) is 9.40. The summed E-state index contributed by atoms with van der Waals surface area (Å²) in [6, 6.07) is 4.86. The molecule has 0 aliphatic carbocycles. The van der Waals surface area contributed by atoms with E-state index in [-0.39, 0.29) is 17.3 Å². The number of hydrogen-bond acceptors (Lipinski definition) is 3. The molecule has 1 heterocycles. The Morgan fingerprint density at radius 2 is 1.89 bits per heavy atom. The van der Waals surface area contributed by atoms with E-state index in [1.54, 1.807) is 18.2 Å². The minimum atomic E-state index is -3.45. The van der Waals surface area contributed by atoms with Gasteiger partial charge in [0.1, 0.15) is 0 Å². The first-order valence-electron chi connectivity index (χ1n) is 5.18. The van der Waals surface area contributed by atoms with Gasteiger partial charge in [0.2, 0.25) is 10.0 Å². The van der Waals surface area contributed by atoms with Crippen molar-refractivity contribution in [1.82, 2.24) is 9.62 Å². The topological polar surface area (TPSA) is 49.4 Å². The maximum atomic E-state index is 12.4. The molecule has 4 nitrogen and oxygen atoms in total. The fourth-order valence-electron chi connectivity index (χ4n) is 1.71. The van der Waals surface area contributed by atoms with Gasteiger partial charge >= 0.3 is 0 Å². The lowest BCUT2D eigenvalue weighted by Crippen LogP contribution is -2.46. The van der Waals surface area contributed by atoms with Gasteiger partial charge in [-0.3, -0.25) is 0 Å². The molecule has 8 heteroatoms. The fraction of sp³-hybridized carbons (Fsp3) is 0.400. The lowest BCUT2D eigenvalue weighted by atomic mass is 10.4. The van der Waals surface area contributed by atoms with Crippen molar-refractivity contribution in [2.75, 3.05) is 26.2 Å². The molecular weight excluding hydrogens is 363 g/mol. The third kappa shape index (κ3) is 3.18. The third-order valence-electron chi connectivity index (χ3n) is 2.61. The first kappa shape index (κ1) is 16.2. The Labute approximate surface area is 126 Å². The van der Waals surface area contributed by atoms with Gasteiger partial charge in [-0.2, -0.15) is 4.31 Å². The predicted molar refractivity (Wildman–Crippen MR) is 78.0 cm³/mol. The molecule has 1 N–H and O–H groups in total. The Kier molecular flexibility index (Phi) is 5.89. The normalized spacial score (nSPS) is 17.2. The molecule has 0 bridgehead atoms. The number of rotatable bonds is 2. The molecule has 1 saturated heterocycles. The average Bonchev–Trinajstić information content (AvgIpc) is 2.33. The van der Waals surface area contributed by atoms with Crippen molar-refractivity contribution in [2.24, 2.45) is 0 Å². The summed E-state index contributed by atoms with van der Waals surface area (Å²) >= 11 is 9.15. The van der Waals surface area contributed by atoms with Gasteiger partial charge in [0.15, 0.2) is 0 Å². The van der Waals surface area contributed by atoms with Crippen LogP contribution in [-0.2, 0) is 10.0 Å². The van der Waals surface area contributed by atoms with Gasteiger partial charge in [-0.1, -0.05) is 17.7 Å². The van der Waals surface area contributed by atoms with Crippen LogP contribution < -0.4 is 5.32 Å². The van der Waals surface area contributed by atoms with E-state index in [1.165, 1.54) is 4.31 Å². The zero-order valence-corrected chi connectivity index (χ0v) is 13.4. The summed E-state index contributed by atoms with van der Waals surface area (Å²) in [5.74, 6) is 0. The molecule has 1 aromatic rings. The van der Waals surface area contributed by atoms with Crippen LogP contribution in [0, 0.1) is 0 Å². The summed E-state index contributed by atoms with van der Waals surface area (Å²) < 4.78 is 26.6. The van der Waals surface area contributed by atoms with E-state index in [0.29, 0.717) is 35.7 Å². The van der Waals surface area contributed by atoms with Gasteiger partial charge in [-0.25, -0.2) is 8.42 Å². The highest BCUT2D eigenvalue weighted by molar-refractivity contribution is 9.10. The van der Waals surface area contributed by atoms with Gasteiger partial charge in [-0.15, -0.1) is 12.4 Å². The first-order valence-corrected chi connectivity index (χ1v) is 7.79. The van der Waals surface area contributed by atoms with Crippen LogP contribution in [-0.4, -0.2) is 38.9 Å². The monoisotopic (exact) mass is 374 g/mol. The average molecular weight is 376 g/mol. The van der Waals surface area contributed by atoms with Crippen molar-refractivity contribution >= 4 is 50.0 Å². The van der Waals surface area contributed by atoms with Crippen LogP contribution in [0.4, 0.5) is 0 Å². The molecule has 0 unspecified atom stereocenters. The van der Waals surface area contributed by atoms with Crippen molar-refractivity contribution in [2.45, 2.75) is 4.90 Å². The van der Waals surface area contributed by atoms with Crippen molar-refractivity contribution in [1.29, 1.82) is 0 Å². The number of benzene rings is 1. The molecule has 102 valence electrons. The Hall–Kier alpha value is 0.150. The van der Waals surface area contributed by atoms with Crippen LogP contribution in [0.3, 0.4) is 0 Å². The molecule has 0 atom stereocenters. The quantitative estimate of drug-likeness (QED) is 0.861. The maximum Gasteiger partial charge on any atom is 0.244 e. The number of nitrogens with zero attached hydrogens (tertiary/aromatic N) is 1. The number of sulfonamides is 1. The number of piperazine rings is 1. The van der Waals surface area contributed by atoms with Crippen molar-refractivity contribution in [3.63, 3.8) is 0 Å².